The molecular weight excluding hydrogens is 368 g/mol. The van der Waals surface area contributed by atoms with Gasteiger partial charge in [0.15, 0.2) is 0 Å². The molecule has 2 heteroatoms. The summed E-state index contributed by atoms with van der Waals surface area (Å²) in [5.74, 6) is 2.69. The largest absolute Gasteiger partial charge is 0.393 e. The molecule has 5 aliphatic carbocycles. The van der Waals surface area contributed by atoms with E-state index in [0.29, 0.717) is 33.5 Å². The molecule has 0 saturated heterocycles. The standard InChI is InChI=1S/C28H46O2/c1-18(2)7-6-8-19(3)21-10-11-26(5)24-16-23(30)22-15-20(29)9-12-27(22)17-28(24,27)14-13-25(21,26)4/h7,19-24,29-30H,6,8-17H2,1-5H3/t19-,20+,21-,22-,23+,24+,25-,26+,27-,28+/m1/s1. The first-order chi connectivity index (χ1) is 14.1. The summed E-state index contributed by atoms with van der Waals surface area (Å²) in [6, 6.07) is 0. The fourth-order valence-corrected chi connectivity index (χ4v) is 10.4. The Morgan fingerprint density at radius 2 is 1.73 bits per heavy atom. The quantitative estimate of drug-likeness (QED) is 0.515. The summed E-state index contributed by atoms with van der Waals surface area (Å²) in [7, 11) is 0. The zero-order valence-corrected chi connectivity index (χ0v) is 20.2. The number of hydrogen-bond acceptors (Lipinski definition) is 2. The molecule has 0 aromatic rings. The topological polar surface area (TPSA) is 40.5 Å². The lowest BCUT2D eigenvalue weighted by Gasteiger charge is -2.62. The van der Waals surface area contributed by atoms with Gasteiger partial charge in [0.05, 0.1) is 12.2 Å². The van der Waals surface area contributed by atoms with E-state index >= 15 is 0 Å². The van der Waals surface area contributed by atoms with Crippen LogP contribution in [-0.2, 0) is 0 Å². The Morgan fingerprint density at radius 1 is 0.967 bits per heavy atom. The Hall–Kier alpha value is -0.340. The second-order valence-electron chi connectivity index (χ2n) is 13.2. The summed E-state index contributed by atoms with van der Waals surface area (Å²) in [5.41, 5.74) is 3.12. The summed E-state index contributed by atoms with van der Waals surface area (Å²) >= 11 is 0. The summed E-state index contributed by atoms with van der Waals surface area (Å²) in [6.07, 6.45) is 15.5. The lowest BCUT2D eigenvalue weighted by atomic mass is 9.43. The maximum Gasteiger partial charge on any atom is 0.0577 e. The molecule has 2 spiro atoms. The van der Waals surface area contributed by atoms with Gasteiger partial charge < -0.3 is 10.2 Å². The van der Waals surface area contributed by atoms with Gasteiger partial charge >= 0.3 is 0 Å². The van der Waals surface area contributed by atoms with Crippen molar-refractivity contribution in [2.24, 2.45) is 45.3 Å². The normalized spacial score (nSPS) is 55.0. The highest BCUT2D eigenvalue weighted by molar-refractivity contribution is 5.30. The summed E-state index contributed by atoms with van der Waals surface area (Å²) < 4.78 is 0. The second-order valence-corrected chi connectivity index (χ2v) is 13.2. The fraction of sp³-hybridized carbons (Fsp3) is 0.929. The highest BCUT2D eigenvalue weighted by Crippen LogP contribution is 2.87. The number of hydrogen-bond donors (Lipinski definition) is 2. The third-order valence-corrected chi connectivity index (χ3v) is 12.1. The average Bonchev–Trinajstić information content (AvgIpc) is 3.25. The van der Waals surface area contributed by atoms with Crippen molar-refractivity contribution in [1.29, 1.82) is 0 Å². The van der Waals surface area contributed by atoms with Gasteiger partial charge in [-0.3, -0.25) is 0 Å². The van der Waals surface area contributed by atoms with Crippen LogP contribution in [0.1, 0.15) is 105 Å². The molecule has 0 radical (unpaired) electrons. The predicted molar refractivity (Wildman–Crippen MR) is 123 cm³/mol. The first-order valence-corrected chi connectivity index (χ1v) is 13.1. The zero-order chi connectivity index (χ0) is 21.5. The number of aliphatic hydroxyl groups excluding tert-OH is 2. The molecule has 30 heavy (non-hydrogen) atoms. The van der Waals surface area contributed by atoms with Gasteiger partial charge in [0, 0.05) is 0 Å². The van der Waals surface area contributed by atoms with E-state index in [2.05, 4.69) is 40.7 Å². The van der Waals surface area contributed by atoms with Crippen LogP contribution >= 0.6 is 0 Å². The molecule has 2 nitrogen and oxygen atoms in total. The van der Waals surface area contributed by atoms with E-state index in [1.54, 1.807) is 0 Å². The van der Waals surface area contributed by atoms with Crippen LogP contribution in [0.15, 0.2) is 11.6 Å². The van der Waals surface area contributed by atoms with Crippen LogP contribution in [0.25, 0.3) is 0 Å². The fourth-order valence-electron chi connectivity index (χ4n) is 10.4. The third kappa shape index (κ3) is 2.62. The Balaban J connectivity index is 1.41. The van der Waals surface area contributed by atoms with Gasteiger partial charge in [0.1, 0.15) is 0 Å². The van der Waals surface area contributed by atoms with E-state index < -0.39 is 0 Å². The first kappa shape index (κ1) is 21.5. The van der Waals surface area contributed by atoms with E-state index in [0.717, 1.165) is 31.1 Å². The van der Waals surface area contributed by atoms with Crippen LogP contribution in [0.3, 0.4) is 0 Å². The third-order valence-electron chi connectivity index (χ3n) is 12.1. The molecule has 0 bridgehead atoms. The van der Waals surface area contributed by atoms with Crippen LogP contribution in [0.4, 0.5) is 0 Å². The van der Waals surface area contributed by atoms with E-state index in [-0.39, 0.29) is 12.2 Å². The lowest BCUT2D eigenvalue weighted by molar-refractivity contribution is -0.164. The van der Waals surface area contributed by atoms with E-state index in [1.807, 2.05) is 0 Å². The van der Waals surface area contributed by atoms with Crippen molar-refractivity contribution < 1.29 is 10.2 Å². The van der Waals surface area contributed by atoms with Crippen LogP contribution in [-0.4, -0.2) is 22.4 Å². The summed E-state index contributed by atoms with van der Waals surface area (Å²) in [6.45, 7) is 12.2. The van der Waals surface area contributed by atoms with Gasteiger partial charge in [0.2, 0.25) is 0 Å². The van der Waals surface area contributed by atoms with Gasteiger partial charge in [-0.05, 0) is 130 Å². The molecule has 0 aliphatic heterocycles. The van der Waals surface area contributed by atoms with Crippen molar-refractivity contribution >= 4 is 0 Å². The molecule has 10 atom stereocenters. The Labute approximate surface area is 184 Å². The van der Waals surface area contributed by atoms with Crippen molar-refractivity contribution in [1.82, 2.24) is 0 Å². The Kier molecular flexibility index (Phi) is 4.90. The molecule has 0 aromatic carbocycles. The lowest BCUT2D eigenvalue weighted by Crippen LogP contribution is -2.57. The minimum absolute atomic E-state index is 0.175. The summed E-state index contributed by atoms with van der Waals surface area (Å²) in [5, 5.41) is 21.6. The van der Waals surface area contributed by atoms with Gasteiger partial charge in [-0.15, -0.1) is 0 Å². The Morgan fingerprint density at radius 3 is 2.47 bits per heavy atom. The highest BCUT2D eigenvalue weighted by atomic mass is 16.3. The highest BCUT2D eigenvalue weighted by Gasteiger charge is 2.81. The molecule has 0 unspecified atom stereocenters. The molecule has 0 heterocycles. The van der Waals surface area contributed by atoms with Gasteiger partial charge in [-0.1, -0.05) is 32.4 Å². The molecule has 2 N–H and O–H groups in total. The number of aliphatic hydroxyl groups is 2. The molecular formula is C28H46O2. The molecule has 5 fully saturated rings. The minimum Gasteiger partial charge on any atom is -0.393 e. The maximum atomic E-state index is 11.3. The van der Waals surface area contributed by atoms with E-state index in [9.17, 15) is 10.2 Å². The van der Waals surface area contributed by atoms with Crippen molar-refractivity contribution in [3.8, 4) is 0 Å². The zero-order valence-electron chi connectivity index (χ0n) is 20.2. The van der Waals surface area contributed by atoms with Gasteiger partial charge in [0.25, 0.3) is 0 Å². The first-order valence-electron chi connectivity index (χ1n) is 13.1. The van der Waals surface area contributed by atoms with Crippen LogP contribution in [0.2, 0.25) is 0 Å². The van der Waals surface area contributed by atoms with Crippen molar-refractivity contribution in [2.45, 2.75) is 117 Å². The number of fused-ring (bicyclic) bond motifs is 2. The van der Waals surface area contributed by atoms with Crippen LogP contribution < -0.4 is 0 Å². The van der Waals surface area contributed by atoms with Gasteiger partial charge in [-0.2, -0.15) is 0 Å². The minimum atomic E-state index is -0.186. The van der Waals surface area contributed by atoms with Crippen LogP contribution in [0, 0.1) is 45.3 Å². The number of rotatable bonds is 4. The predicted octanol–water partition coefficient (Wildman–Crippen LogP) is 6.50. The second kappa shape index (κ2) is 6.83. The van der Waals surface area contributed by atoms with Crippen LogP contribution in [0.5, 0.6) is 0 Å². The van der Waals surface area contributed by atoms with Gasteiger partial charge in [-0.25, -0.2) is 0 Å². The smallest absolute Gasteiger partial charge is 0.0577 e. The molecule has 5 aliphatic rings. The monoisotopic (exact) mass is 414 g/mol. The maximum absolute atomic E-state index is 11.3. The number of allylic oxidation sites excluding steroid dienone is 2. The Bertz CT molecular complexity index is 724. The van der Waals surface area contributed by atoms with Crippen molar-refractivity contribution in [3.63, 3.8) is 0 Å². The molecule has 170 valence electrons. The van der Waals surface area contributed by atoms with Crippen molar-refractivity contribution in [2.75, 3.05) is 0 Å². The molecule has 0 aromatic heterocycles. The molecule has 5 saturated carbocycles. The molecule has 5 rings (SSSR count). The van der Waals surface area contributed by atoms with E-state index in [1.165, 1.54) is 56.9 Å². The summed E-state index contributed by atoms with van der Waals surface area (Å²) in [4.78, 5) is 0. The molecule has 0 amide bonds. The SMILES string of the molecule is CC(C)=CCC[C@@H](C)[C@H]1CC[C@@]2(C)[C@@H]3C[C@H](O)[C@H]4C[C@@H](O)CC[C@@]45C[C@@]35CC[C@]12C. The van der Waals surface area contributed by atoms with E-state index in [4.69, 9.17) is 0 Å². The average molecular weight is 415 g/mol. The van der Waals surface area contributed by atoms with Crippen molar-refractivity contribution in [3.05, 3.63) is 11.6 Å².